The molecule has 0 radical (unpaired) electrons. The summed E-state index contributed by atoms with van der Waals surface area (Å²) in [5.74, 6) is -1.24. The number of carbonyl (C=O) groups is 2. The highest BCUT2D eigenvalue weighted by Crippen LogP contribution is 2.37. The molecule has 0 bridgehead atoms. The summed E-state index contributed by atoms with van der Waals surface area (Å²) in [4.78, 5) is 28.3. The molecule has 2 heterocycles. The van der Waals surface area contributed by atoms with E-state index in [-0.39, 0.29) is 27.1 Å². The molecule has 3 N–H and O–H groups in total. The van der Waals surface area contributed by atoms with E-state index in [0.29, 0.717) is 39.3 Å². The Morgan fingerprint density at radius 2 is 1.83 bits per heavy atom. The van der Waals surface area contributed by atoms with Crippen LogP contribution in [-0.4, -0.2) is 38.4 Å². The van der Waals surface area contributed by atoms with Crippen molar-refractivity contribution in [2.75, 3.05) is 18.5 Å². The number of carbonyl (C=O) groups excluding carboxylic acids is 2. The Balaban J connectivity index is 1.72. The predicted octanol–water partition coefficient (Wildman–Crippen LogP) is 5.10. The van der Waals surface area contributed by atoms with Crippen LogP contribution in [0.1, 0.15) is 38.4 Å². The summed E-state index contributed by atoms with van der Waals surface area (Å²) in [6.45, 7) is 2.62. The van der Waals surface area contributed by atoms with Gasteiger partial charge in [-0.05, 0) is 55.8 Å². The second-order valence-corrected chi connectivity index (χ2v) is 11.1. The summed E-state index contributed by atoms with van der Waals surface area (Å²) in [6, 6.07) is 9.13. The van der Waals surface area contributed by atoms with Gasteiger partial charge in [0.1, 0.15) is 6.67 Å². The van der Waals surface area contributed by atoms with E-state index in [2.05, 4.69) is 15.6 Å². The number of anilines is 1. The fourth-order valence-electron chi connectivity index (χ4n) is 4.10. The molecule has 1 aromatic heterocycles. The molecule has 7 nitrogen and oxygen atoms in total. The SMILES string of the molecule is Cc1[nH]c(C=C2C(=O)Nc3ccc(S(=O)(=O)Cc4c(Cl)cccc4Cl)cc32)c(C)c1C(=O)NCCF. The van der Waals surface area contributed by atoms with E-state index in [1.165, 1.54) is 18.2 Å². The van der Waals surface area contributed by atoms with Gasteiger partial charge in [0.2, 0.25) is 0 Å². The number of hydrogen-bond donors (Lipinski definition) is 3. The van der Waals surface area contributed by atoms with Crippen molar-refractivity contribution in [1.29, 1.82) is 0 Å². The fraction of sp³-hybridized carbons (Fsp3) is 0.200. The Morgan fingerprint density at radius 3 is 2.50 bits per heavy atom. The van der Waals surface area contributed by atoms with Gasteiger partial charge in [0.25, 0.3) is 11.8 Å². The number of aromatic amines is 1. The molecule has 0 fully saturated rings. The lowest BCUT2D eigenvalue weighted by molar-refractivity contribution is -0.110. The number of hydrogen-bond acceptors (Lipinski definition) is 4. The molecule has 0 unspecified atom stereocenters. The number of benzene rings is 2. The second kappa shape index (κ2) is 10.1. The summed E-state index contributed by atoms with van der Waals surface area (Å²) >= 11 is 12.3. The first kappa shape index (κ1) is 25.9. The smallest absolute Gasteiger partial charge is 0.256 e. The summed E-state index contributed by atoms with van der Waals surface area (Å²) < 4.78 is 38.9. The highest BCUT2D eigenvalue weighted by atomic mass is 35.5. The van der Waals surface area contributed by atoms with E-state index in [1.807, 2.05) is 0 Å². The number of rotatable bonds is 7. The minimum atomic E-state index is -3.85. The van der Waals surface area contributed by atoms with Crippen LogP contribution in [-0.2, 0) is 20.4 Å². The van der Waals surface area contributed by atoms with E-state index < -0.39 is 34.1 Å². The van der Waals surface area contributed by atoms with Crippen molar-refractivity contribution in [3.8, 4) is 0 Å². The number of amides is 2. The van der Waals surface area contributed by atoms with Crippen LogP contribution < -0.4 is 10.6 Å². The zero-order valence-corrected chi connectivity index (χ0v) is 21.7. The Hall–Kier alpha value is -3.14. The van der Waals surface area contributed by atoms with Gasteiger partial charge in [-0.1, -0.05) is 29.3 Å². The largest absolute Gasteiger partial charge is 0.358 e. The van der Waals surface area contributed by atoms with Gasteiger partial charge in [-0.2, -0.15) is 0 Å². The number of fused-ring (bicyclic) bond motifs is 1. The van der Waals surface area contributed by atoms with Crippen LogP contribution in [0.25, 0.3) is 11.6 Å². The first-order valence-corrected chi connectivity index (χ1v) is 13.3. The molecule has 2 amide bonds. The Labute approximate surface area is 217 Å². The first-order chi connectivity index (χ1) is 17.0. The zero-order chi connectivity index (χ0) is 26.2. The van der Waals surface area contributed by atoms with Gasteiger partial charge >= 0.3 is 0 Å². The quantitative estimate of drug-likeness (QED) is 0.356. The molecule has 4 rings (SSSR count). The lowest BCUT2D eigenvalue weighted by atomic mass is 10.0. The van der Waals surface area contributed by atoms with Crippen molar-refractivity contribution in [3.63, 3.8) is 0 Å². The van der Waals surface area contributed by atoms with Crippen LogP contribution in [0.4, 0.5) is 10.1 Å². The van der Waals surface area contributed by atoms with Crippen LogP contribution in [0.2, 0.25) is 10.0 Å². The van der Waals surface area contributed by atoms with Crippen LogP contribution in [0.5, 0.6) is 0 Å². The molecule has 0 aliphatic carbocycles. The Bertz CT molecular complexity index is 1510. The van der Waals surface area contributed by atoms with Crippen molar-refractivity contribution in [2.24, 2.45) is 0 Å². The van der Waals surface area contributed by atoms with E-state index in [9.17, 15) is 22.4 Å². The Morgan fingerprint density at radius 1 is 1.14 bits per heavy atom. The van der Waals surface area contributed by atoms with Crippen molar-refractivity contribution in [1.82, 2.24) is 10.3 Å². The monoisotopic (exact) mass is 549 g/mol. The number of aromatic nitrogens is 1. The number of halogens is 3. The molecule has 2 aromatic carbocycles. The molecule has 0 saturated heterocycles. The highest BCUT2D eigenvalue weighted by Gasteiger charge is 2.28. The average Bonchev–Trinajstić information content (AvgIpc) is 3.29. The number of nitrogens with one attached hydrogen (secondary N) is 3. The summed E-state index contributed by atoms with van der Waals surface area (Å²) in [5.41, 5.74) is 3.40. The van der Waals surface area contributed by atoms with E-state index in [0.717, 1.165) is 0 Å². The van der Waals surface area contributed by atoms with E-state index in [4.69, 9.17) is 23.2 Å². The molecule has 0 saturated carbocycles. The van der Waals surface area contributed by atoms with Crippen molar-refractivity contribution in [3.05, 3.63) is 80.1 Å². The van der Waals surface area contributed by atoms with Crippen LogP contribution >= 0.6 is 23.2 Å². The van der Waals surface area contributed by atoms with Gasteiger partial charge in [-0.3, -0.25) is 9.59 Å². The standard InChI is InChI=1S/C25H22Cl2FN3O4S/c1-13-22(30-14(2)23(13)25(33)29-9-8-28)11-17-16-10-15(6-7-21(16)31-24(17)32)36(34,35)12-18-19(26)4-3-5-20(18)27/h3-7,10-11,30H,8-9,12H2,1-2H3,(H,29,33)(H,31,32). The number of H-pyrrole nitrogens is 1. The van der Waals surface area contributed by atoms with Gasteiger partial charge in [-0.25, -0.2) is 12.8 Å². The zero-order valence-electron chi connectivity index (χ0n) is 19.3. The summed E-state index contributed by atoms with van der Waals surface area (Å²) in [7, 11) is -3.85. The average molecular weight is 550 g/mol. The van der Waals surface area contributed by atoms with Crippen molar-refractivity contribution >= 4 is 62.2 Å². The molecule has 1 aliphatic heterocycles. The summed E-state index contributed by atoms with van der Waals surface area (Å²) in [5, 5.41) is 5.71. The van der Waals surface area contributed by atoms with Crippen molar-refractivity contribution in [2.45, 2.75) is 24.5 Å². The normalized spacial score (nSPS) is 14.1. The van der Waals surface area contributed by atoms with Gasteiger partial charge in [0.15, 0.2) is 9.84 Å². The van der Waals surface area contributed by atoms with Crippen LogP contribution in [0, 0.1) is 13.8 Å². The number of aryl methyl sites for hydroxylation is 1. The van der Waals surface area contributed by atoms with Gasteiger partial charge in [0.05, 0.1) is 21.8 Å². The lowest BCUT2D eigenvalue weighted by Gasteiger charge is -2.10. The molecule has 0 spiro atoms. The maximum Gasteiger partial charge on any atom is 0.256 e. The molecule has 0 atom stereocenters. The molecular weight excluding hydrogens is 528 g/mol. The summed E-state index contributed by atoms with van der Waals surface area (Å²) in [6.07, 6.45) is 1.57. The molecule has 1 aliphatic rings. The molecule has 36 heavy (non-hydrogen) atoms. The first-order valence-electron chi connectivity index (χ1n) is 10.9. The van der Waals surface area contributed by atoms with Gasteiger partial charge < -0.3 is 15.6 Å². The van der Waals surface area contributed by atoms with E-state index in [1.54, 1.807) is 38.1 Å². The molecule has 188 valence electrons. The molecule has 3 aromatic rings. The lowest BCUT2D eigenvalue weighted by Crippen LogP contribution is -2.26. The topological polar surface area (TPSA) is 108 Å². The fourth-order valence-corrected chi connectivity index (χ4v) is 6.22. The van der Waals surface area contributed by atoms with Crippen LogP contribution in [0.3, 0.4) is 0 Å². The van der Waals surface area contributed by atoms with E-state index >= 15 is 0 Å². The Kier molecular flexibility index (Phi) is 7.26. The van der Waals surface area contributed by atoms with Gasteiger partial charge in [0, 0.05) is 44.8 Å². The second-order valence-electron chi connectivity index (χ2n) is 8.29. The third-order valence-electron chi connectivity index (χ3n) is 5.90. The van der Waals surface area contributed by atoms with Gasteiger partial charge in [-0.15, -0.1) is 0 Å². The minimum absolute atomic E-state index is 0.00492. The number of alkyl halides is 1. The number of sulfone groups is 1. The minimum Gasteiger partial charge on any atom is -0.358 e. The predicted molar refractivity (Wildman–Crippen MR) is 139 cm³/mol. The highest BCUT2D eigenvalue weighted by molar-refractivity contribution is 7.90. The third-order valence-corrected chi connectivity index (χ3v) is 8.25. The third kappa shape index (κ3) is 4.91. The molecular formula is C25H22Cl2FN3O4S. The van der Waals surface area contributed by atoms with Crippen molar-refractivity contribution < 1.29 is 22.4 Å². The van der Waals surface area contributed by atoms with Crippen LogP contribution in [0.15, 0.2) is 41.3 Å². The molecule has 11 heteroatoms. The maximum atomic E-state index is 13.2. The maximum absolute atomic E-state index is 13.2.